The molecule has 0 radical (unpaired) electrons. The molecule has 4 heteroatoms. The van der Waals surface area contributed by atoms with Crippen molar-refractivity contribution in [2.24, 2.45) is 0 Å². The molecule has 41 heavy (non-hydrogen) atoms. The number of ether oxygens (including phenoxy) is 1. The second-order valence-electron chi connectivity index (χ2n) is 12.8. The van der Waals surface area contributed by atoms with Gasteiger partial charge in [-0.25, -0.2) is 0 Å². The number of carboxylic acid groups (broad SMARTS) is 1. The Morgan fingerprint density at radius 1 is 0.439 bits per heavy atom. The van der Waals surface area contributed by atoms with Gasteiger partial charge in [-0.15, -0.1) is 0 Å². The van der Waals surface area contributed by atoms with Gasteiger partial charge in [0.25, 0.3) is 0 Å². The van der Waals surface area contributed by atoms with E-state index in [9.17, 15) is 9.59 Å². The second kappa shape index (κ2) is 33.4. The summed E-state index contributed by atoms with van der Waals surface area (Å²) < 4.78 is 5.77. The largest absolute Gasteiger partial charge is 0.481 e. The van der Waals surface area contributed by atoms with Crippen molar-refractivity contribution < 1.29 is 19.4 Å². The first kappa shape index (κ1) is 39.9. The van der Waals surface area contributed by atoms with Gasteiger partial charge in [0.1, 0.15) is 6.10 Å². The van der Waals surface area contributed by atoms with Gasteiger partial charge < -0.3 is 9.84 Å². The van der Waals surface area contributed by atoms with Gasteiger partial charge in [-0.05, 0) is 32.1 Å². The first-order valence-corrected chi connectivity index (χ1v) is 18.5. The maximum Gasteiger partial charge on any atom is 0.306 e. The third kappa shape index (κ3) is 33.3. The maximum atomic E-state index is 12.3. The molecule has 0 rings (SSSR count). The Bertz CT molecular complexity index is 547. The summed E-state index contributed by atoms with van der Waals surface area (Å²) in [5.41, 5.74) is 0. The summed E-state index contributed by atoms with van der Waals surface area (Å²) >= 11 is 0. The van der Waals surface area contributed by atoms with Crippen LogP contribution < -0.4 is 0 Å². The van der Waals surface area contributed by atoms with E-state index >= 15 is 0 Å². The predicted octanol–water partition coefficient (Wildman–Crippen LogP) is 12.5. The molecule has 0 spiro atoms. The average Bonchev–Trinajstić information content (AvgIpc) is 2.95. The van der Waals surface area contributed by atoms with E-state index in [1.807, 2.05) is 0 Å². The lowest BCUT2D eigenvalue weighted by Gasteiger charge is -2.17. The fourth-order valence-corrected chi connectivity index (χ4v) is 5.82. The number of hydrogen-bond donors (Lipinski definition) is 1. The standard InChI is InChI=1S/C37H72O4/c1-3-5-7-8-9-10-11-12-13-14-15-16-17-18-19-20-21-22-23-24-25-26-30-34-37(40)41-35(31-6-4-2)32-28-27-29-33-36(38)39/h35H,3-34H2,1-2H3,(H,38,39). The third-order valence-corrected chi connectivity index (χ3v) is 8.58. The highest BCUT2D eigenvalue weighted by atomic mass is 16.5. The fourth-order valence-electron chi connectivity index (χ4n) is 5.82. The van der Waals surface area contributed by atoms with E-state index in [-0.39, 0.29) is 18.5 Å². The molecule has 0 aromatic heterocycles. The Morgan fingerprint density at radius 3 is 1.15 bits per heavy atom. The van der Waals surface area contributed by atoms with Gasteiger partial charge in [-0.2, -0.15) is 0 Å². The average molecular weight is 581 g/mol. The number of aliphatic carboxylic acids is 1. The van der Waals surface area contributed by atoms with E-state index in [4.69, 9.17) is 9.84 Å². The number of carbonyl (C=O) groups is 2. The summed E-state index contributed by atoms with van der Waals surface area (Å²) in [6.07, 6.45) is 39.0. The summed E-state index contributed by atoms with van der Waals surface area (Å²) in [7, 11) is 0. The zero-order valence-electron chi connectivity index (χ0n) is 27.9. The van der Waals surface area contributed by atoms with Gasteiger partial charge in [-0.1, -0.05) is 174 Å². The maximum absolute atomic E-state index is 12.3. The van der Waals surface area contributed by atoms with Crippen molar-refractivity contribution >= 4 is 11.9 Å². The SMILES string of the molecule is CCCCCCCCCCCCCCCCCCCCCCCCCC(=O)OC(CCCC)CCCCCC(=O)O. The second-order valence-corrected chi connectivity index (χ2v) is 12.8. The molecule has 0 saturated heterocycles. The quantitative estimate of drug-likeness (QED) is 0.0607. The van der Waals surface area contributed by atoms with Gasteiger partial charge in [-0.3, -0.25) is 9.59 Å². The van der Waals surface area contributed by atoms with Crippen LogP contribution in [0.2, 0.25) is 0 Å². The normalized spacial score (nSPS) is 12.0. The molecular weight excluding hydrogens is 508 g/mol. The van der Waals surface area contributed by atoms with Crippen LogP contribution in [0, 0.1) is 0 Å². The molecule has 0 heterocycles. The first-order chi connectivity index (χ1) is 20.1. The van der Waals surface area contributed by atoms with Gasteiger partial charge >= 0.3 is 11.9 Å². The minimum absolute atomic E-state index is 0.0109. The highest BCUT2D eigenvalue weighted by Gasteiger charge is 2.14. The van der Waals surface area contributed by atoms with E-state index < -0.39 is 5.97 Å². The van der Waals surface area contributed by atoms with Crippen LogP contribution in [0.3, 0.4) is 0 Å². The molecule has 0 bridgehead atoms. The molecule has 0 aliphatic heterocycles. The summed E-state index contributed by atoms with van der Waals surface area (Å²) in [4.78, 5) is 23.0. The first-order valence-electron chi connectivity index (χ1n) is 18.5. The Balaban J connectivity index is 3.42. The third-order valence-electron chi connectivity index (χ3n) is 8.58. The van der Waals surface area contributed by atoms with E-state index in [1.165, 1.54) is 135 Å². The molecule has 1 atom stereocenters. The Hall–Kier alpha value is -1.06. The van der Waals surface area contributed by atoms with Gasteiger partial charge in [0.05, 0.1) is 0 Å². The molecule has 1 N–H and O–H groups in total. The number of unbranched alkanes of at least 4 members (excludes halogenated alkanes) is 25. The van der Waals surface area contributed by atoms with Crippen LogP contribution in [0.1, 0.15) is 219 Å². The summed E-state index contributed by atoms with van der Waals surface area (Å²) in [6.45, 7) is 4.45. The van der Waals surface area contributed by atoms with Crippen LogP contribution in [-0.4, -0.2) is 23.1 Å². The zero-order chi connectivity index (χ0) is 30.1. The summed E-state index contributed by atoms with van der Waals surface area (Å²) in [5, 5.41) is 8.76. The van der Waals surface area contributed by atoms with Crippen LogP contribution in [0.5, 0.6) is 0 Å². The zero-order valence-corrected chi connectivity index (χ0v) is 27.9. The minimum Gasteiger partial charge on any atom is -0.481 e. The molecule has 0 fully saturated rings. The van der Waals surface area contributed by atoms with E-state index in [2.05, 4.69) is 13.8 Å². The number of rotatable bonds is 34. The number of esters is 1. The number of carboxylic acids is 1. The van der Waals surface area contributed by atoms with Crippen molar-refractivity contribution in [3.63, 3.8) is 0 Å². The highest BCUT2D eigenvalue weighted by molar-refractivity contribution is 5.69. The van der Waals surface area contributed by atoms with Crippen molar-refractivity contribution in [2.45, 2.75) is 225 Å². The van der Waals surface area contributed by atoms with Gasteiger partial charge in [0.15, 0.2) is 0 Å². The summed E-state index contributed by atoms with van der Waals surface area (Å²) in [5.74, 6) is -0.769. The molecule has 4 nitrogen and oxygen atoms in total. The minimum atomic E-state index is -0.727. The molecular formula is C37H72O4. The lowest BCUT2D eigenvalue weighted by molar-refractivity contribution is -0.150. The van der Waals surface area contributed by atoms with Crippen molar-refractivity contribution in [3.8, 4) is 0 Å². The van der Waals surface area contributed by atoms with Crippen molar-refractivity contribution in [1.29, 1.82) is 0 Å². The smallest absolute Gasteiger partial charge is 0.306 e. The molecule has 0 saturated carbocycles. The van der Waals surface area contributed by atoms with Crippen molar-refractivity contribution in [1.82, 2.24) is 0 Å². The number of hydrogen-bond acceptors (Lipinski definition) is 3. The van der Waals surface area contributed by atoms with Crippen LogP contribution in [0.15, 0.2) is 0 Å². The van der Waals surface area contributed by atoms with Crippen LogP contribution in [0.4, 0.5) is 0 Å². The van der Waals surface area contributed by atoms with Crippen LogP contribution >= 0.6 is 0 Å². The van der Waals surface area contributed by atoms with E-state index in [0.717, 1.165) is 51.4 Å². The predicted molar refractivity (Wildman–Crippen MR) is 177 cm³/mol. The number of carbonyl (C=O) groups excluding carboxylic acids is 1. The lowest BCUT2D eigenvalue weighted by atomic mass is 10.0. The highest BCUT2D eigenvalue weighted by Crippen LogP contribution is 2.18. The Labute approximate surface area is 256 Å². The van der Waals surface area contributed by atoms with E-state index in [1.54, 1.807) is 0 Å². The Morgan fingerprint density at radius 2 is 0.756 bits per heavy atom. The molecule has 0 aromatic carbocycles. The lowest BCUT2D eigenvalue weighted by Crippen LogP contribution is -2.18. The molecule has 0 aliphatic carbocycles. The van der Waals surface area contributed by atoms with Gasteiger partial charge in [0, 0.05) is 12.8 Å². The molecule has 0 aliphatic rings. The monoisotopic (exact) mass is 581 g/mol. The van der Waals surface area contributed by atoms with E-state index in [0.29, 0.717) is 12.8 Å². The van der Waals surface area contributed by atoms with Crippen LogP contribution in [0.25, 0.3) is 0 Å². The Kier molecular flexibility index (Phi) is 32.6. The molecule has 244 valence electrons. The molecule has 1 unspecified atom stereocenters. The summed E-state index contributed by atoms with van der Waals surface area (Å²) in [6, 6.07) is 0. The molecule has 0 amide bonds. The van der Waals surface area contributed by atoms with Crippen molar-refractivity contribution in [3.05, 3.63) is 0 Å². The fraction of sp³-hybridized carbons (Fsp3) is 0.946. The topological polar surface area (TPSA) is 63.6 Å². The molecule has 0 aromatic rings. The van der Waals surface area contributed by atoms with Crippen molar-refractivity contribution in [2.75, 3.05) is 0 Å². The van der Waals surface area contributed by atoms with Crippen LogP contribution in [-0.2, 0) is 14.3 Å². The van der Waals surface area contributed by atoms with Gasteiger partial charge in [0.2, 0.25) is 0 Å².